The predicted octanol–water partition coefficient (Wildman–Crippen LogP) is 6.76. The normalized spacial score (nSPS) is 17.5. The molecule has 5 heteroatoms. The Hall–Kier alpha value is -0.810. The van der Waals surface area contributed by atoms with Gasteiger partial charge in [-0.25, -0.2) is 4.79 Å². The van der Waals surface area contributed by atoms with Crippen LogP contribution in [0.25, 0.3) is 0 Å². The van der Waals surface area contributed by atoms with Gasteiger partial charge in [-0.2, -0.15) is 0 Å². The van der Waals surface area contributed by atoms with Crippen molar-refractivity contribution in [2.45, 2.75) is 136 Å². The molecule has 0 radical (unpaired) electrons. The second-order valence-electron chi connectivity index (χ2n) is 9.95. The number of carboxylic acid groups (broad SMARTS) is 1. The average molecular weight is 442 g/mol. The largest absolute Gasteiger partial charge is 0.465 e. The lowest BCUT2D eigenvalue weighted by molar-refractivity contribution is -0.0482. The molecule has 1 amide bonds. The van der Waals surface area contributed by atoms with Crippen LogP contribution >= 0.6 is 0 Å². The molecule has 0 saturated carbocycles. The van der Waals surface area contributed by atoms with Crippen molar-refractivity contribution in [3.05, 3.63) is 0 Å². The molecule has 1 aliphatic heterocycles. The third kappa shape index (κ3) is 8.92. The van der Waals surface area contributed by atoms with E-state index in [0.29, 0.717) is 12.6 Å². The summed E-state index contributed by atoms with van der Waals surface area (Å²) in [6, 6.07) is 0.685. The molecule has 1 fully saturated rings. The van der Waals surface area contributed by atoms with Crippen LogP contribution in [0.5, 0.6) is 0 Å². The summed E-state index contributed by atoms with van der Waals surface area (Å²) < 4.78 is 0. The summed E-state index contributed by atoms with van der Waals surface area (Å²) in [6.07, 6.45) is 12.6. The molecule has 5 nitrogen and oxygen atoms in total. The molecule has 0 bridgehead atoms. The Morgan fingerprint density at radius 2 is 1.29 bits per heavy atom. The van der Waals surface area contributed by atoms with Crippen LogP contribution in [0.15, 0.2) is 0 Å². The molecular formula is C26H55N3O2. The fraction of sp³-hybridized carbons (Fsp3) is 0.962. The van der Waals surface area contributed by atoms with Gasteiger partial charge in [0.25, 0.3) is 0 Å². The van der Waals surface area contributed by atoms with E-state index in [9.17, 15) is 9.90 Å². The quantitative estimate of drug-likeness (QED) is 0.331. The van der Waals surface area contributed by atoms with Gasteiger partial charge in [0, 0.05) is 24.7 Å². The number of amides is 1. The van der Waals surface area contributed by atoms with Gasteiger partial charge in [-0.05, 0) is 53.6 Å². The standard InChI is InChI=1S/C21H42N2O2.C5H13N/c1-5-9-13-20(14-10-6-2)21(15-11-7-3,16-12-8-4)23(19(24)25)18-17-22-20;1-5(2)6(3)4/h22H,5-18H2,1-4H3,(H,24,25);5H,1-4H3. The minimum absolute atomic E-state index is 0.0556. The zero-order chi connectivity index (χ0) is 23.9. The lowest BCUT2D eigenvalue weighted by Gasteiger charge is -2.60. The summed E-state index contributed by atoms with van der Waals surface area (Å²) in [5, 5.41) is 13.9. The number of nitrogens with one attached hydrogen (secondary N) is 1. The van der Waals surface area contributed by atoms with E-state index in [2.05, 4.69) is 65.9 Å². The summed E-state index contributed by atoms with van der Waals surface area (Å²) in [7, 11) is 4.15. The van der Waals surface area contributed by atoms with Crippen molar-refractivity contribution < 1.29 is 9.90 Å². The van der Waals surface area contributed by atoms with Crippen LogP contribution in [0.2, 0.25) is 0 Å². The van der Waals surface area contributed by atoms with E-state index in [4.69, 9.17) is 0 Å². The molecule has 0 aromatic rings. The molecular weight excluding hydrogens is 386 g/mol. The molecule has 2 N–H and O–H groups in total. The van der Waals surface area contributed by atoms with E-state index >= 15 is 0 Å². The summed E-state index contributed by atoms with van der Waals surface area (Å²) in [5.74, 6) is 0. The highest BCUT2D eigenvalue weighted by atomic mass is 16.4. The first-order chi connectivity index (χ1) is 14.7. The van der Waals surface area contributed by atoms with Crippen molar-refractivity contribution in [2.24, 2.45) is 0 Å². The maximum Gasteiger partial charge on any atom is 0.407 e. The van der Waals surface area contributed by atoms with Gasteiger partial charge in [-0.3, -0.25) is 4.90 Å². The van der Waals surface area contributed by atoms with Gasteiger partial charge in [-0.15, -0.1) is 0 Å². The second kappa shape index (κ2) is 15.9. The van der Waals surface area contributed by atoms with Gasteiger partial charge in [0.15, 0.2) is 0 Å². The topological polar surface area (TPSA) is 55.8 Å². The van der Waals surface area contributed by atoms with Crippen molar-refractivity contribution in [1.29, 1.82) is 0 Å². The minimum Gasteiger partial charge on any atom is -0.465 e. The zero-order valence-corrected chi connectivity index (χ0v) is 22.2. The van der Waals surface area contributed by atoms with Crippen LogP contribution < -0.4 is 5.32 Å². The summed E-state index contributed by atoms with van der Waals surface area (Å²) >= 11 is 0. The van der Waals surface area contributed by atoms with Gasteiger partial charge in [0.2, 0.25) is 0 Å². The minimum atomic E-state index is -0.717. The highest BCUT2D eigenvalue weighted by molar-refractivity contribution is 5.67. The first-order valence-corrected chi connectivity index (χ1v) is 13.1. The van der Waals surface area contributed by atoms with E-state index < -0.39 is 6.09 Å². The van der Waals surface area contributed by atoms with Crippen molar-refractivity contribution in [1.82, 2.24) is 15.1 Å². The second-order valence-corrected chi connectivity index (χ2v) is 9.95. The van der Waals surface area contributed by atoms with Crippen LogP contribution in [-0.4, -0.2) is 65.3 Å². The maximum atomic E-state index is 12.2. The Morgan fingerprint density at radius 1 is 0.903 bits per heavy atom. The van der Waals surface area contributed by atoms with Crippen LogP contribution in [0.1, 0.15) is 119 Å². The third-order valence-corrected chi connectivity index (χ3v) is 7.27. The molecule has 1 aliphatic rings. The van der Waals surface area contributed by atoms with Crippen molar-refractivity contribution >= 4 is 6.09 Å². The molecule has 0 aromatic carbocycles. The van der Waals surface area contributed by atoms with Crippen LogP contribution in [0.4, 0.5) is 4.79 Å². The first kappa shape index (κ1) is 30.2. The van der Waals surface area contributed by atoms with E-state index in [0.717, 1.165) is 57.9 Å². The average Bonchev–Trinajstić information content (AvgIpc) is 2.74. The Bertz CT molecular complexity index is 444. The van der Waals surface area contributed by atoms with E-state index in [1.807, 2.05) is 4.90 Å². The molecule has 0 atom stereocenters. The molecule has 1 rings (SSSR count). The third-order valence-electron chi connectivity index (χ3n) is 7.27. The van der Waals surface area contributed by atoms with E-state index in [1.165, 1.54) is 25.7 Å². The number of hydrogen-bond donors (Lipinski definition) is 2. The molecule has 0 aliphatic carbocycles. The Morgan fingerprint density at radius 3 is 1.61 bits per heavy atom. The van der Waals surface area contributed by atoms with Gasteiger partial charge in [0.05, 0.1) is 5.54 Å². The molecule has 31 heavy (non-hydrogen) atoms. The highest BCUT2D eigenvalue weighted by Gasteiger charge is 2.56. The molecule has 0 aromatic heterocycles. The first-order valence-electron chi connectivity index (χ1n) is 13.1. The van der Waals surface area contributed by atoms with Gasteiger partial charge in [0.1, 0.15) is 0 Å². The zero-order valence-electron chi connectivity index (χ0n) is 22.2. The Balaban J connectivity index is 0.00000131. The number of rotatable bonds is 13. The molecule has 1 heterocycles. The molecule has 1 saturated heterocycles. The Labute approximate surface area is 194 Å². The van der Waals surface area contributed by atoms with E-state index in [-0.39, 0.29) is 11.1 Å². The van der Waals surface area contributed by atoms with Gasteiger partial charge in [-0.1, -0.05) is 79.1 Å². The number of nitrogens with zero attached hydrogens (tertiary/aromatic N) is 2. The smallest absolute Gasteiger partial charge is 0.407 e. The molecule has 186 valence electrons. The number of piperazine rings is 1. The van der Waals surface area contributed by atoms with Gasteiger partial charge >= 0.3 is 6.09 Å². The SMILES string of the molecule is CC(C)N(C)C.CCCCC1(CCCC)NCCN(C(=O)O)C1(CCCC)CCCC. The van der Waals surface area contributed by atoms with E-state index in [1.54, 1.807) is 0 Å². The summed E-state index contributed by atoms with van der Waals surface area (Å²) in [6.45, 7) is 14.7. The van der Waals surface area contributed by atoms with Crippen molar-refractivity contribution in [2.75, 3.05) is 27.2 Å². The van der Waals surface area contributed by atoms with Crippen molar-refractivity contribution in [3.63, 3.8) is 0 Å². The fourth-order valence-corrected chi connectivity index (χ4v) is 4.86. The summed E-state index contributed by atoms with van der Waals surface area (Å²) in [4.78, 5) is 16.2. The maximum absolute atomic E-state index is 12.2. The Kier molecular flexibility index (Phi) is 15.5. The molecule has 0 spiro atoms. The van der Waals surface area contributed by atoms with Crippen LogP contribution in [0.3, 0.4) is 0 Å². The van der Waals surface area contributed by atoms with Crippen LogP contribution in [0, 0.1) is 0 Å². The predicted molar refractivity (Wildman–Crippen MR) is 135 cm³/mol. The fourth-order valence-electron chi connectivity index (χ4n) is 4.86. The lowest BCUT2D eigenvalue weighted by atomic mass is 9.63. The highest BCUT2D eigenvalue weighted by Crippen LogP contribution is 2.46. The van der Waals surface area contributed by atoms with Crippen LogP contribution in [-0.2, 0) is 0 Å². The number of unbranched alkanes of at least 4 members (excludes halogenated alkanes) is 4. The lowest BCUT2D eigenvalue weighted by Crippen LogP contribution is -2.75. The van der Waals surface area contributed by atoms with Crippen molar-refractivity contribution in [3.8, 4) is 0 Å². The molecule has 0 unspecified atom stereocenters. The summed E-state index contributed by atoms with van der Waals surface area (Å²) in [5.41, 5.74) is -0.298. The van der Waals surface area contributed by atoms with Gasteiger partial charge < -0.3 is 15.3 Å². The monoisotopic (exact) mass is 441 g/mol. The number of hydrogen-bond acceptors (Lipinski definition) is 3. The number of carbonyl (C=O) groups is 1.